The predicted molar refractivity (Wildman–Crippen MR) is 62.4 cm³/mol. The van der Waals surface area contributed by atoms with E-state index in [1.807, 2.05) is 27.7 Å². The molecule has 1 aromatic rings. The minimum Gasteiger partial charge on any atom is -0.370 e. The summed E-state index contributed by atoms with van der Waals surface area (Å²) in [5.41, 5.74) is 0.402. The van der Waals surface area contributed by atoms with E-state index in [1.165, 1.54) is 0 Å². The highest BCUT2D eigenvalue weighted by Gasteiger charge is 2.33. The van der Waals surface area contributed by atoms with Crippen LogP contribution >= 0.6 is 0 Å². The average Bonchev–Trinajstić information content (AvgIpc) is 2.58. The third-order valence-electron chi connectivity index (χ3n) is 2.35. The standard InChI is InChI=1S/C12H20N2O2/c1-6-16-11(12(2,3)4)10(15)9-7-13-14(5)8-9/h7-8,11H,6H2,1-5H3. The summed E-state index contributed by atoms with van der Waals surface area (Å²) in [7, 11) is 1.80. The molecule has 16 heavy (non-hydrogen) atoms. The molecule has 0 saturated heterocycles. The number of hydrogen-bond acceptors (Lipinski definition) is 3. The number of rotatable bonds is 4. The Labute approximate surface area is 96.6 Å². The Bertz CT molecular complexity index is 363. The molecule has 0 N–H and O–H groups in total. The number of ketones is 1. The number of aromatic nitrogens is 2. The van der Waals surface area contributed by atoms with E-state index < -0.39 is 6.10 Å². The molecule has 1 atom stereocenters. The maximum atomic E-state index is 12.2. The number of aryl methyl sites for hydroxylation is 1. The van der Waals surface area contributed by atoms with Crippen molar-refractivity contribution in [2.75, 3.05) is 6.61 Å². The van der Waals surface area contributed by atoms with Gasteiger partial charge in [0.05, 0.1) is 11.8 Å². The fraction of sp³-hybridized carbons (Fsp3) is 0.667. The molecule has 0 amide bonds. The van der Waals surface area contributed by atoms with Gasteiger partial charge >= 0.3 is 0 Å². The van der Waals surface area contributed by atoms with E-state index in [-0.39, 0.29) is 11.2 Å². The van der Waals surface area contributed by atoms with Crippen molar-refractivity contribution in [3.8, 4) is 0 Å². The van der Waals surface area contributed by atoms with E-state index in [4.69, 9.17) is 4.74 Å². The Balaban J connectivity index is 2.91. The molecule has 90 valence electrons. The van der Waals surface area contributed by atoms with Crippen molar-refractivity contribution in [3.05, 3.63) is 18.0 Å². The fourth-order valence-corrected chi connectivity index (χ4v) is 1.59. The lowest BCUT2D eigenvalue weighted by Gasteiger charge is -2.28. The summed E-state index contributed by atoms with van der Waals surface area (Å²) in [6, 6.07) is 0. The van der Waals surface area contributed by atoms with Crippen LogP contribution in [0.1, 0.15) is 38.1 Å². The fourth-order valence-electron chi connectivity index (χ4n) is 1.59. The van der Waals surface area contributed by atoms with Gasteiger partial charge in [-0.2, -0.15) is 5.10 Å². The van der Waals surface area contributed by atoms with Crippen molar-refractivity contribution in [2.45, 2.75) is 33.8 Å². The SMILES string of the molecule is CCOC(C(=O)c1cnn(C)c1)C(C)(C)C. The Morgan fingerprint density at radius 3 is 2.56 bits per heavy atom. The second kappa shape index (κ2) is 4.78. The van der Waals surface area contributed by atoms with Gasteiger partial charge in [-0.15, -0.1) is 0 Å². The zero-order valence-electron chi connectivity index (χ0n) is 10.7. The second-order valence-electron chi connectivity index (χ2n) is 4.97. The summed E-state index contributed by atoms with van der Waals surface area (Å²) in [6.07, 6.45) is 2.89. The average molecular weight is 224 g/mol. The van der Waals surface area contributed by atoms with Crippen LogP contribution in [0.4, 0.5) is 0 Å². The quantitative estimate of drug-likeness (QED) is 0.735. The van der Waals surface area contributed by atoms with Crippen molar-refractivity contribution in [3.63, 3.8) is 0 Å². The molecule has 4 nitrogen and oxygen atoms in total. The molecule has 0 aromatic carbocycles. The summed E-state index contributed by atoms with van der Waals surface area (Å²) < 4.78 is 7.17. The largest absolute Gasteiger partial charge is 0.370 e. The van der Waals surface area contributed by atoms with E-state index in [0.717, 1.165) is 0 Å². The van der Waals surface area contributed by atoms with Gasteiger partial charge in [0.1, 0.15) is 6.10 Å². The molecule has 0 aliphatic rings. The van der Waals surface area contributed by atoms with Gasteiger partial charge in [0.15, 0.2) is 5.78 Å². The summed E-state index contributed by atoms with van der Waals surface area (Å²) >= 11 is 0. The van der Waals surface area contributed by atoms with Crippen molar-refractivity contribution in [1.82, 2.24) is 9.78 Å². The molecular weight excluding hydrogens is 204 g/mol. The lowest BCUT2D eigenvalue weighted by molar-refractivity contribution is -0.000224. The Morgan fingerprint density at radius 2 is 2.19 bits per heavy atom. The molecule has 0 spiro atoms. The predicted octanol–water partition coefficient (Wildman–Crippen LogP) is 2.05. The van der Waals surface area contributed by atoms with Crippen LogP contribution in [-0.2, 0) is 11.8 Å². The van der Waals surface area contributed by atoms with Gasteiger partial charge in [0.2, 0.25) is 0 Å². The minimum atomic E-state index is -0.415. The third-order valence-corrected chi connectivity index (χ3v) is 2.35. The molecule has 0 saturated carbocycles. The van der Waals surface area contributed by atoms with E-state index in [1.54, 1.807) is 24.1 Å². The molecule has 0 radical (unpaired) electrons. The molecule has 0 aliphatic heterocycles. The first-order chi connectivity index (χ1) is 7.36. The molecule has 0 bridgehead atoms. The summed E-state index contributed by atoms with van der Waals surface area (Å²) in [5.74, 6) is 0.00227. The molecule has 4 heteroatoms. The zero-order chi connectivity index (χ0) is 12.3. The molecule has 0 aliphatic carbocycles. The second-order valence-corrected chi connectivity index (χ2v) is 4.97. The van der Waals surface area contributed by atoms with E-state index in [0.29, 0.717) is 12.2 Å². The first-order valence-electron chi connectivity index (χ1n) is 5.50. The molecule has 1 heterocycles. The van der Waals surface area contributed by atoms with Crippen LogP contribution in [0.3, 0.4) is 0 Å². The molecule has 1 rings (SSSR count). The zero-order valence-corrected chi connectivity index (χ0v) is 10.7. The monoisotopic (exact) mass is 224 g/mol. The highest BCUT2D eigenvalue weighted by Crippen LogP contribution is 2.25. The van der Waals surface area contributed by atoms with Crippen molar-refractivity contribution in [1.29, 1.82) is 0 Å². The highest BCUT2D eigenvalue weighted by atomic mass is 16.5. The number of Topliss-reactive ketones (excluding diaryl/α,β-unsaturated/α-hetero) is 1. The number of ether oxygens (including phenoxy) is 1. The summed E-state index contributed by atoms with van der Waals surface area (Å²) in [6.45, 7) is 8.44. The van der Waals surface area contributed by atoms with Gasteiger partial charge in [-0.25, -0.2) is 0 Å². The maximum Gasteiger partial charge on any atom is 0.195 e. The molecule has 0 fully saturated rings. The van der Waals surface area contributed by atoms with Gasteiger partial charge in [-0.05, 0) is 12.3 Å². The van der Waals surface area contributed by atoms with Gasteiger partial charge in [0, 0.05) is 19.9 Å². The van der Waals surface area contributed by atoms with Gasteiger partial charge in [0.25, 0.3) is 0 Å². The molecular formula is C12H20N2O2. The van der Waals surface area contributed by atoms with E-state index >= 15 is 0 Å². The van der Waals surface area contributed by atoms with Crippen LogP contribution in [0.2, 0.25) is 0 Å². The summed E-state index contributed by atoms with van der Waals surface area (Å²) in [4.78, 5) is 12.2. The van der Waals surface area contributed by atoms with Gasteiger partial charge in [-0.1, -0.05) is 20.8 Å². The normalized spacial score (nSPS) is 13.8. The summed E-state index contributed by atoms with van der Waals surface area (Å²) in [5, 5.41) is 4.00. The van der Waals surface area contributed by atoms with Crippen LogP contribution in [0.15, 0.2) is 12.4 Å². The van der Waals surface area contributed by atoms with Crippen LogP contribution < -0.4 is 0 Å². The number of nitrogens with zero attached hydrogens (tertiary/aromatic N) is 2. The Morgan fingerprint density at radius 1 is 1.56 bits per heavy atom. The highest BCUT2D eigenvalue weighted by molar-refractivity contribution is 5.99. The first kappa shape index (κ1) is 12.9. The smallest absolute Gasteiger partial charge is 0.195 e. The van der Waals surface area contributed by atoms with Crippen molar-refractivity contribution in [2.24, 2.45) is 12.5 Å². The van der Waals surface area contributed by atoms with E-state index in [9.17, 15) is 4.79 Å². The van der Waals surface area contributed by atoms with Gasteiger partial charge in [-0.3, -0.25) is 9.48 Å². The Hall–Kier alpha value is -1.16. The van der Waals surface area contributed by atoms with E-state index in [2.05, 4.69) is 5.10 Å². The number of carbonyl (C=O) groups is 1. The lowest BCUT2D eigenvalue weighted by atomic mass is 9.85. The maximum absolute atomic E-state index is 12.2. The third kappa shape index (κ3) is 2.92. The minimum absolute atomic E-state index is 0.00227. The van der Waals surface area contributed by atoms with Crippen LogP contribution in [0, 0.1) is 5.41 Å². The van der Waals surface area contributed by atoms with Crippen molar-refractivity contribution >= 4 is 5.78 Å². The van der Waals surface area contributed by atoms with Gasteiger partial charge < -0.3 is 4.74 Å². The van der Waals surface area contributed by atoms with Crippen molar-refractivity contribution < 1.29 is 9.53 Å². The van der Waals surface area contributed by atoms with Crippen LogP contribution in [-0.4, -0.2) is 28.3 Å². The van der Waals surface area contributed by atoms with Crippen LogP contribution in [0.25, 0.3) is 0 Å². The molecule has 1 aromatic heterocycles. The lowest BCUT2D eigenvalue weighted by Crippen LogP contribution is -2.37. The Kier molecular flexibility index (Phi) is 3.86. The number of hydrogen-bond donors (Lipinski definition) is 0. The first-order valence-corrected chi connectivity index (χ1v) is 5.50. The topological polar surface area (TPSA) is 44.1 Å². The number of carbonyl (C=O) groups excluding carboxylic acids is 1. The molecule has 1 unspecified atom stereocenters. The van der Waals surface area contributed by atoms with Crippen LogP contribution in [0.5, 0.6) is 0 Å².